The van der Waals surface area contributed by atoms with Gasteiger partial charge in [0.05, 0.1) is 25.5 Å². The van der Waals surface area contributed by atoms with Gasteiger partial charge >= 0.3 is 0 Å². The van der Waals surface area contributed by atoms with E-state index in [1.807, 2.05) is 48.5 Å². The predicted octanol–water partition coefficient (Wildman–Crippen LogP) is 4.09. The first-order valence-electron chi connectivity index (χ1n) is 9.33. The highest BCUT2D eigenvalue weighted by Crippen LogP contribution is 2.33. The van der Waals surface area contributed by atoms with Gasteiger partial charge in [-0.3, -0.25) is 4.79 Å². The standard InChI is InChI=1S/C22H25N3O3/c1-4-5-13-23-22(26)18-15-25(17-9-7-6-8-10-17)24-21(18)16-11-12-19(27-2)20(14-16)28-3/h6-12,14-15H,4-5,13H2,1-3H3,(H,23,26). The number of aromatic nitrogens is 2. The fourth-order valence-corrected chi connectivity index (χ4v) is 2.92. The van der Waals surface area contributed by atoms with Gasteiger partial charge in [-0.1, -0.05) is 31.5 Å². The Bertz CT molecular complexity index is 935. The molecule has 1 aromatic heterocycles. The largest absolute Gasteiger partial charge is 0.493 e. The average Bonchev–Trinajstić information content (AvgIpc) is 3.19. The molecule has 1 amide bonds. The highest BCUT2D eigenvalue weighted by molar-refractivity contribution is 6.00. The van der Waals surface area contributed by atoms with Crippen LogP contribution in [0.4, 0.5) is 0 Å². The predicted molar refractivity (Wildman–Crippen MR) is 109 cm³/mol. The number of carbonyl (C=O) groups excluding carboxylic acids is 1. The highest BCUT2D eigenvalue weighted by Gasteiger charge is 2.19. The molecule has 6 heteroatoms. The van der Waals surface area contributed by atoms with E-state index in [-0.39, 0.29) is 5.91 Å². The lowest BCUT2D eigenvalue weighted by Gasteiger charge is -2.09. The summed E-state index contributed by atoms with van der Waals surface area (Å²) in [5.41, 5.74) is 2.79. The average molecular weight is 379 g/mol. The van der Waals surface area contributed by atoms with Crippen LogP contribution in [0.5, 0.6) is 11.5 Å². The Morgan fingerprint density at radius 2 is 1.82 bits per heavy atom. The first-order chi connectivity index (χ1) is 13.7. The minimum absolute atomic E-state index is 0.139. The van der Waals surface area contributed by atoms with Crippen LogP contribution in [0.15, 0.2) is 54.7 Å². The van der Waals surface area contributed by atoms with Crippen LogP contribution in [0, 0.1) is 0 Å². The Morgan fingerprint density at radius 1 is 1.07 bits per heavy atom. The van der Waals surface area contributed by atoms with Crippen molar-refractivity contribution in [2.24, 2.45) is 0 Å². The van der Waals surface area contributed by atoms with Crippen molar-refractivity contribution in [2.75, 3.05) is 20.8 Å². The molecule has 0 aliphatic rings. The summed E-state index contributed by atoms with van der Waals surface area (Å²) >= 11 is 0. The number of hydrogen-bond donors (Lipinski definition) is 1. The Labute approximate surface area is 165 Å². The number of para-hydroxylation sites is 1. The zero-order valence-corrected chi connectivity index (χ0v) is 16.4. The van der Waals surface area contributed by atoms with Crippen molar-refractivity contribution in [3.63, 3.8) is 0 Å². The first kappa shape index (κ1) is 19.5. The van der Waals surface area contributed by atoms with Gasteiger partial charge in [-0.2, -0.15) is 5.10 Å². The molecule has 0 unspecified atom stereocenters. The van der Waals surface area contributed by atoms with Gasteiger partial charge in [0.1, 0.15) is 5.69 Å². The number of amides is 1. The molecule has 3 rings (SSSR count). The van der Waals surface area contributed by atoms with E-state index >= 15 is 0 Å². The second-order valence-corrected chi connectivity index (χ2v) is 6.35. The number of nitrogens with zero attached hydrogens (tertiary/aromatic N) is 2. The van der Waals surface area contributed by atoms with E-state index in [0.29, 0.717) is 29.3 Å². The van der Waals surface area contributed by atoms with E-state index in [1.54, 1.807) is 25.1 Å². The third kappa shape index (κ3) is 4.17. The van der Waals surface area contributed by atoms with Crippen LogP contribution in [-0.2, 0) is 0 Å². The lowest BCUT2D eigenvalue weighted by Crippen LogP contribution is -2.24. The molecule has 6 nitrogen and oxygen atoms in total. The quantitative estimate of drug-likeness (QED) is 0.599. The summed E-state index contributed by atoms with van der Waals surface area (Å²) < 4.78 is 12.4. The minimum atomic E-state index is -0.139. The molecule has 1 heterocycles. The normalized spacial score (nSPS) is 10.5. The minimum Gasteiger partial charge on any atom is -0.493 e. The Balaban J connectivity index is 2.05. The number of rotatable bonds is 8. The molecule has 146 valence electrons. The molecule has 0 radical (unpaired) electrons. The van der Waals surface area contributed by atoms with Crippen LogP contribution in [0.1, 0.15) is 30.1 Å². The van der Waals surface area contributed by atoms with Crippen molar-refractivity contribution in [1.29, 1.82) is 0 Å². The summed E-state index contributed by atoms with van der Waals surface area (Å²) in [7, 11) is 3.18. The maximum Gasteiger partial charge on any atom is 0.255 e. The third-order valence-electron chi connectivity index (χ3n) is 4.45. The summed E-state index contributed by atoms with van der Waals surface area (Å²) in [6.07, 6.45) is 3.72. The summed E-state index contributed by atoms with van der Waals surface area (Å²) in [5.74, 6) is 1.08. The molecular formula is C22H25N3O3. The van der Waals surface area contributed by atoms with Gasteiger partial charge < -0.3 is 14.8 Å². The van der Waals surface area contributed by atoms with Crippen LogP contribution in [0.25, 0.3) is 16.9 Å². The zero-order chi connectivity index (χ0) is 19.9. The Hall–Kier alpha value is -3.28. The van der Waals surface area contributed by atoms with Gasteiger partial charge in [0, 0.05) is 18.3 Å². The number of carbonyl (C=O) groups is 1. The number of nitrogens with one attached hydrogen (secondary N) is 1. The molecule has 0 saturated heterocycles. The molecule has 0 aliphatic carbocycles. The zero-order valence-electron chi connectivity index (χ0n) is 16.4. The van der Waals surface area contributed by atoms with E-state index < -0.39 is 0 Å². The van der Waals surface area contributed by atoms with Crippen molar-refractivity contribution in [3.05, 3.63) is 60.3 Å². The number of ether oxygens (including phenoxy) is 2. The molecule has 0 atom stereocenters. The molecule has 0 spiro atoms. The van der Waals surface area contributed by atoms with Crippen molar-refractivity contribution in [3.8, 4) is 28.4 Å². The molecule has 1 N–H and O–H groups in total. The number of hydrogen-bond acceptors (Lipinski definition) is 4. The van der Waals surface area contributed by atoms with Gasteiger partial charge in [0.15, 0.2) is 11.5 Å². The molecule has 0 saturated carbocycles. The van der Waals surface area contributed by atoms with Gasteiger partial charge in [-0.25, -0.2) is 4.68 Å². The van der Waals surface area contributed by atoms with Gasteiger partial charge in [0.2, 0.25) is 0 Å². The fraction of sp³-hybridized carbons (Fsp3) is 0.273. The number of unbranched alkanes of at least 4 members (excludes halogenated alkanes) is 1. The second kappa shape index (κ2) is 9.08. The van der Waals surface area contributed by atoms with Crippen LogP contribution in [-0.4, -0.2) is 36.5 Å². The SMILES string of the molecule is CCCCNC(=O)c1cn(-c2ccccc2)nc1-c1ccc(OC)c(OC)c1. The third-order valence-corrected chi connectivity index (χ3v) is 4.45. The lowest BCUT2D eigenvalue weighted by atomic mass is 10.1. The molecule has 3 aromatic rings. The van der Waals surface area contributed by atoms with Crippen molar-refractivity contribution < 1.29 is 14.3 Å². The first-order valence-corrected chi connectivity index (χ1v) is 9.33. The van der Waals surface area contributed by atoms with E-state index in [1.165, 1.54) is 0 Å². The Morgan fingerprint density at radius 3 is 2.50 bits per heavy atom. The topological polar surface area (TPSA) is 65.4 Å². The highest BCUT2D eigenvalue weighted by atomic mass is 16.5. The van der Waals surface area contributed by atoms with Crippen LogP contribution in [0.3, 0.4) is 0 Å². The molecule has 0 bridgehead atoms. The van der Waals surface area contributed by atoms with Crippen LogP contribution < -0.4 is 14.8 Å². The maximum absolute atomic E-state index is 12.8. The monoisotopic (exact) mass is 379 g/mol. The van der Waals surface area contributed by atoms with E-state index in [0.717, 1.165) is 24.1 Å². The number of methoxy groups -OCH3 is 2. The summed E-state index contributed by atoms with van der Waals surface area (Å²) in [4.78, 5) is 12.8. The number of benzene rings is 2. The van der Waals surface area contributed by atoms with Crippen LogP contribution in [0.2, 0.25) is 0 Å². The van der Waals surface area contributed by atoms with Crippen molar-refractivity contribution >= 4 is 5.91 Å². The van der Waals surface area contributed by atoms with Gasteiger partial charge in [-0.05, 0) is 36.8 Å². The molecule has 28 heavy (non-hydrogen) atoms. The smallest absolute Gasteiger partial charge is 0.255 e. The lowest BCUT2D eigenvalue weighted by molar-refractivity contribution is 0.0954. The summed E-state index contributed by atoms with van der Waals surface area (Å²) in [6.45, 7) is 2.73. The van der Waals surface area contributed by atoms with E-state index in [4.69, 9.17) is 14.6 Å². The van der Waals surface area contributed by atoms with Crippen molar-refractivity contribution in [2.45, 2.75) is 19.8 Å². The Kier molecular flexibility index (Phi) is 6.32. The molecule has 0 aliphatic heterocycles. The molecular weight excluding hydrogens is 354 g/mol. The second-order valence-electron chi connectivity index (χ2n) is 6.35. The van der Waals surface area contributed by atoms with E-state index in [9.17, 15) is 4.79 Å². The van der Waals surface area contributed by atoms with Crippen molar-refractivity contribution in [1.82, 2.24) is 15.1 Å². The fourth-order valence-electron chi connectivity index (χ4n) is 2.92. The van der Waals surface area contributed by atoms with E-state index in [2.05, 4.69) is 12.2 Å². The van der Waals surface area contributed by atoms with Crippen LogP contribution >= 0.6 is 0 Å². The van der Waals surface area contributed by atoms with Gasteiger partial charge in [-0.15, -0.1) is 0 Å². The van der Waals surface area contributed by atoms with Gasteiger partial charge in [0.25, 0.3) is 5.91 Å². The molecule has 2 aromatic carbocycles. The molecule has 0 fully saturated rings. The maximum atomic E-state index is 12.8. The summed E-state index contributed by atoms with van der Waals surface area (Å²) in [6, 6.07) is 15.2. The summed E-state index contributed by atoms with van der Waals surface area (Å²) in [5, 5.41) is 7.67.